The van der Waals surface area contributed by atoms with E-state index in [1.54, 1.807) is 0 Å². The maximum absolute atomic E-state index is 12.8. The first-order valence-electron chi connectivity index (χ1n) is 7.19. The molecule has 5 nitrogen and oxygen atoms in total. The number of para-hydroxylation sites is 1. The summed E-state index contributed by atoms with van der Waals surface area (Å²) in [5, 5.41) is 2.46. The van der Waals surface area contributed by atoms with Gasteiger partial charge in [0.1, 0.15) is 0 Å². The Kier molecular flexibility index (Phi) is 5.88. The second kappa shape index (κ2) is 7.62. The average Bonchev–Trinajstić information content (AvgIpc) is 2.57. The smallest absolute Gasteiger partial charge is 0.468 e. The van der Waals surface area contributed by atoms with Crippen molar-refractivity contribution in [3.63, 3.8) is 0 Å². The normalized spacial score (nSPS) is 12.7. The van der Waals surface area contributed by atoms with Crippen LogP contribution in [0.15, 0.2) is 47.5 Å². The SMILES string of the molecule is O=S(=O)(c1ccccc1NCc1cccnc1OCC(F)(F)F)C(F)(F)F. The van der Waals surface area contributed by atoms with Gasteiger partial charge in [-0.05, 0) is 18.2 Å². The van der Waals surface area contributed by atoms with Crippen LogP contribution in [0.3, 0.4) is 0 Å². The number of anilines is 1. The van der Waals surface area contributed by atoms with Crippen LogP contribution < -0.4 is 10.1 Å². The third-order valence-electron chi connectivity index (χ3n) is 3.17. The number of aromatic nitrogens is 1. The Labute approximate surface area is 149 Å². The molecular weight excluding hydrogens is 402 g/mol. The first-order valence-corrected chi connectivity index (χ1v) is 8.68. The molecule has 1 aromatic carbocycles. The number of rotatable bonds is 6. The maximum Gasteiger partial charge on any atom is 0.501 e. The highest BCUT2D eigenvalue weighted by Gasteiger charge is 2.47. The Morgan fingerprint density at radius 3 is 2.30 bits per heavy atom. The Balaban J connectivity index is 2.25. The van der Waals surface area contributed by atoms with Crippen LogP contribution in [-0.4, -0.2) is 31.7 Å². The van der Waals surface area contributed by atoms with E-state index in [2.05, 4.69) is 15.0 Å². The third kappa shape index (κ3) is 5.25. The molecule has 0 aliphatic rings. The lowest BCUT2D eigenvalue weighted by Gasteiger charge is -2.15. The summed E-state index contributed by atoms with van der Waals surface area (Å²) in [5.74, 6) is -0.376. The van der Waals surface area contributed by atoms with E-state index in [0.29, 0.717) is 0 Å². The lowest BCUT2D eigenvalue weighted by molar-refractivity contribution is -0.154. The molecule has 2 aromatic rings. The summed E-state index contributed by atoms with van der Waals surface area (Å²) in [6, 6.07) is 7.02. The van der Waals surface area contributed by atoms with Gasteiger partial charge in [0, 0.05) is 18.3 Å². The van der Waals surface area contributed by atoms with Gasteiger partial charge in [-0.1, -0.05) is 18.2 Å². The van der Waals surface area contributed by atoms with Crippen LogP contribution in [0.1, 0.15) is 5.56 Å². The molecule has 0 aliphatic carbocycles. The van der Waals surface area contributed by atoms with E-state index in [4.69, 9.17) is 0 Å². The fourth-order valence-corrected chi connectivity index (χ4v) is 2.94. The molecule has 27 heavy (non-hydrogen) atoms. The minimum Gasteiger partial charge on any atom is -0.468 e. The van der Waals surface area contributed by atoms with Crippen LogP contribution in [0.25, 0.3) is 0 Å². The molecule has 1 heterocycles. The number of pyridine rings is 1. The zero-order chi connectivity index (χ0) is 20.3. The van der Waals surface area contributed by atoms with Crippen molar-refractivity contribution in [2.24, 2.45) is 0 Å². The second-order valence-corrected chi connectivity index (χ2v) is 7.08. The summed E-state index contributed by atoms with van der Waals surface area (Å²) in [6.45, 7) is -1.92. The van der Waals surface area contributed by atoms with Crippen molar-refractivity contribution < 1.29 is 39.5 Å². The summed E-state index contributed by atoms with van der Waals surface area (Å²) in [4.78, 5) is 2.64. The summed E-state index contributed by atoms with van der Waals surface area (Å²) in [5.41, 5.74) is -5.76. The largest absolute Gasteiger partial charge is 0.501 e. The van der Waals surface area contributed by atoms with Crippen LogP contribution in [-0.2, 0) is 16.4 Å². The van der Waals surface area contributed by atoms with Gasteiger partial charge in [0.05, 0.1) is 10.6 Å². The van der Waals surface area contributed by atoms with Crippen molar-refractivity contribution in [1.82, 2.24) is 4.98 Å². The number of nitrogens with zero attached hydrogens (tertiary/aromatic N) is 1. The highest BCUT2D eigenvalue weighted by molar-refractivity contribution is 7.92. The van der Waals surface area contributed by atoms with Crippen molar-refractivity contribution in [2.45, 2.75) is 23.1 Å². The van der Waals surface area contributed by atoms with E-state index in [0.717, 1.165) is 18.2 Å². The second-order valence-electron chi connectivity index (χ2n) is 5.17. The van der Waals surface area contributed by atoms with Gasteiger partial charge in [-0.25, -0.2) is 13.4 Å². The molecule has 0 saturated heterocycles. The predicted octanol–water partition coefficient (Wildman–Crippen LogP) is 3.93. The van der Waals surface area contributed by atoms with Gasteiger partial charge in [-0.2, -0.15) is 26.3 Å². The van der Waals surface area contributed by atoms with Crippen molar-refractivity contribution in [3.05, 3.63) is 48.2 Å². The molecule has 0 radical (unpaired) electrons. The molecule has 0 saturated carbocycles. The van der Waals surface area contributed by atoms with Gasteiger partial charge < -0.3 is 10.1 Å². The Morgan fingerprint density at radius 1 is 1.00 bits per heavy atom. The van der Waals surface area contributed by atoms with Crippen molar-refractivity contribution in [3.8, 4) is 5.88 Å². The van der Waals surface area contributed by atoms with E-state index < -0.39 is 33.0 Å². The minimum absolute atomic E-state index is 0.0981. The number of hydrogen-bond donors (Lipinski definition) is 1. The predicted molar refractivity (Wildman–Crippen MR) is 82.8 cm³/mol. The first-order chi connectivity index (χ1) is 12.4. The molecule has 0 amide bonds. The number of alkyl halides is 6. The molecule has 0 unspecified atom stereocenters. The molecule has 0 fully saturated rings. The quantitative estimate of drug-likeness (QED) is 0.726. The van der Waals surface area contributed by atoms with E-state index in [-0.39, 0.29) is 23.7 Å². The lowest BCUT2D eigenvalue weighted by Crippen LogP contribution is -2.24. The van der Waals surface area contributed by atoms with E-state index in [9.17, 15) is 34.8 Å². The molecule has 0 bridgehead atoms. The maximum atomic E-state index is 12.8. The van der Waals surface area contributed by atoms with Gasteiger partial charge in [0.2, 0.25) is 5.88 Å². The van der Waals surface area contributed by atoms with E-state index in [1.165, 1.54) is 24.4 Å². The van der Waals surface area contributed by atoms with Crippen molar-refractivity contribution in [2.75, 3.05) is 11.9 Å². The third-order valence-corrected chi connectivity index (χ3v) is 4.72. The summed E-state index contributed by atoms with van der Waals surface area (Å²) < 4.78 is 103. The minimum atomic E-state index is -5.61. The Morgan fingerprint density at radius 2 is 1.67 bits per heavy atom. The Hall–Kier alpha value is -2.50. The number of nitrogens with one attached hydrogen (secondary N) is 1. The van der Waals surface area contributed by atoms with E-state index >= 15 is 0 Å². The molecule has 1 N–H and O–H groups in total. The Bertz CT molecular complexity index is 897. The molecule has 2 rings (SSSR count). The van der Waals surface area contributed by atoms with Crippen LogP contribution in [0.5, 0.6) is 5.88 Å². The lowest BCUT2D eigenvalue weighted by atomic mass is 10.2. The van der Waals surface area contributed by atoms with Crippen LogP contribution >= 0.6 is 0 Å². The van der Waals surface area contributed by atoms with Gasteiger partial charge in [0.25, 0.3) is 9.84 Å². The zero-order valence-electron chi connectivity index (χ0n) is 13.3. The van der Waals surface area contributed by atoms with Crippen LogP contribution in [0.2, 0.25) is 0 Å². The molecule has 1 aromatic heterocycles. The number of benzene rings is 1. The average molecular weight is 414 g/mol. The summed E-state index contributed by atoms with van der Waals surface area (Å²) in [6.07, 6.45) is -3.42. The van der Waals surface area contributed by atoms with E-state index in [1.807, 2.05) is 0 Å². The molecular formula is C15H12F6N2O3S. The number of halogens is 6. The molecule has 12 heteroatoms. The summed E-state index contributed by atoms with van der Waals surface area (Å²) >= 11 is 0. The van der Waals surface area contributed by atoms with Gasteiger partial charge >= 0.3 is 11.7 Å². The monoisotopic (exact) mass is 414 g/mol. The fourth-order valence-electron chi connectivity index (χ4n) is 2.00. The van der Waals surface area contributed by atoms with Crippen LogP contribution in [0, 0.1) is 0 Å². The molecule has 148 valence electrons. The number of hydrogen-bond acceptors (Lipinski definition) is 5. The van der Waals surface area contributed by atoms with Crippen LogP contribution in [0.4, 0.5) is 32.0 Å². The molecule has 0 spiro atoms. The topological polar surface area (TPSA) is 68.3 Å². The van der Waals surface area contributed by atoms with Crippen molar-refractivity contribution >= 4 is 15.5 Å². The molecule has 0 aliphatic heterocycles. The standard InChI is InChI=1S/C15H12F6N2O3S/c16-14(17,18)9-26-13-10(4-3-7-22-13)8-23-11-5-1-2-6-12(11)27(24,25)15(19,20)21/h1-7,23H,8-9H2. The summed E-state index contributed by atoms with van der Waals surface area (Å²) in [7, 11) is -5.61. The fraction of sp³-hybridized carbons (Fsp3) is 0.267. The molecule has 0 atom stereocenters. The number of sulfone groups is 1. The number of ether oxygens (including phenoxy) is 1. The van der Waals surface area contributed by atoms with Gasteiger partial charge in [-0.15, -0.1) is 0 Å². The highest BCUT2D eigenvalue weighted by Crippen LogP contribution is 2.34. The van der Waals surface area contributed by atoms with Gasteiger partial charge in [-0.3, -0.25) is 0 Å². The first kappa shape index (κ1) is 20.8. The highest BCUT2D eigenvalue weighted by atomic mass is 32.2. The van der Waals surface area contributed by atoms with Crippen molar-refractivity contribution in [1.29, 1.82) is 0 Å². The van der Waals surface area contributed by atoms with Gasteiger partial charge in [0.15, 0.2) is 6.61 Å². The zero-order valence-corrected chi connectivity index (χ0v) is 14.1.